The smallest absolute Gasteiger partial charge is 0.416 e. The second-order valence-electron chi connectivity index (χ2n) is 7.56. The second-order valence-corrected chi connectivity index (χ2v) is 7.56. The first-order valence-corrected chi connectivity index (χ1v) is 10.0. The minimum atomic E-state index is -4.87. The summed E-state index contributed by atoms with van der Waals surface area (Å²) in [6.07, 6.45) is -9.74. The van der Waals surface area contributed by atoms with E-state index in [9.17, 15) is 26.3 Å². The number of nitrogens with zero attached hydrogens (tertiary/aromatic N) is 2. The van der Waals surface area contributed by atoms with Gasteiger partial charge < -0.3 is 19.1 Å². The third-order valence-corrected chi connectivity index (χ3v) is 5.44. The molecule has 0 amide bonds. The SMILES string of the molecule is COc1cc(CN2CCN(c3cc(C(F)(F)F)cc(C(F)(F)F)c3)CC2)cc(OC)c1OC.Cl. The Bertz CT molecular complexity index is 919. The van der Waals surface area contributed by atoms with Crippen LogP contribution in [0.1, 0.15) is 16.7 Å². The van der Waals surface area contributed by atoms with Gasteiger partial charge >= 0.3 is 12.4 Å². The zero-order valence-corrected chi connectivity index (χ0v) is 19.5. The number of alkyl halides is 6. The normalized spacial score (nSPS) is 15.0. The van der Waals surface area contributed by atoms with Gasteiger partial charge in [-0.25, -0.2) is 0 Å². The Hall–Kier alpha value is -2.53. The van der Waals surface area contributed by atoms with Gasteiger partial charge in [0.2, 0.25) is 5.75 Å². The number of hydrogen-bond donors (Lipinski definition) is 0. The van der Waals surface area contributed by atoms with Crippen molar-refractivity contribution in [1.82, 2.24) is 4.90 Å². The Morgan fingerprint density at radius 1 is 0.706 bits per heavy atom. The molecule has 0 radical (unpaired) electrons. The lowest BCUT2D eigenvalue weighted by Crippen LogP contribution is -2.46. The van der Waals surface area contributed by atoms with Crippen LogP contribution in [0, 0.1) is 0 Å². The van der Waals surface area contributed by atoms with Crippen molar-refractivity contribution in [3.05, 3.63) is 47.0 Å². The van der Waals surface area contributed by atoms with Gasteiger partial charge in [-0.15, -0.1) is 12.4 Å². The first kappa shape index (κ1) is 27.7. The maximum Gasteiger partial charge on any atom is 0.416 e. The molecule has 0 aromatic heterocycles. The van der Waals surface area contributed by atoms with E-state index in [1.165, 1.54) is 26.2 Å². The van der Waals surface area contributed by atoms with E-state index in [4.69, 9.17) is 14.2 Å². The summed E-state index contributed by atoms with van der Waals surface area (Å²) in [5, 5.41) is 0. The van der Waals surface area contributed by atoms with E-state index in [2.05, 4.69) is 4.90 Å². The molecule has 190 valence electrons. The highest BCUT2D eigenvalue weighted by Crippen LogP contribution is 2.40. The van der Waals surface area contributed by atoms with Crippen LogP contribution in [0.25, 0.3) is 0 Å². The van der Waals surface area contributed by atoms with Crippen molar-refractivity contribution in [3.8, 4) is 17.2 Å². The fraction of sp³-hybridized carbons (Fsp3) is 0.455. The Morgan fingerprint density at radius 2 is 1.18 bits per heavy atom. The molecule has 0 atom stereocenters. The first-order valence-electron chi connectivity index (χ1n) is 10.0. The molecule has 1 heterocycles. The molecule has 2 aromatic carbocycles. The van der Waals surface area contributed by atoms with Gasteiger partial charge in [0.15, 0.2) is 11.5 Å². The Kier molecular flexibility index (Phi) is 8.81. The molecule has 12 heteroatoms. The van der Waals surface area contributed by atoms with Crippen LogP contribution in [-0.2, 0) is 18.9 Å². The zero-order valence-electron chi connectivity index (χ0n) is 18.7. The number of anilines is 1. The average Bonchev–Trinajstić information content (AvgIpc) is 2.77. The molecule has 0 unspecified atom stereocenters. The molecule has 1 fully saturated rings. The van der Waals surface area contributed by atoms with Gasteiger partial charge in [-0.2, -0.15) is 26.3 Å². The Labute approximate surface area is 199 Å². The quantitative estimate of drug-likeness (QED) is 0.476. The van der Waals surface area contributed by atoms with Gasteiger partial charge in [-0.1, -0.05) is 0 Å². The lowest BCUT2D eigenvalue weighted by molar-refractivity contribution is -0.143. The van der Waals surface area contributed by atoms with Gasteiger partial charge in [0.1, 0.15) is 0 Å². The van der Waals surface area contributed by atoms with Gasteiger partial charge in [0.25, 0.3) is 0 Å². The van der Waals surface area contributed by atoms with Crippen LogP contribution in [0.2, 0.25) is 0 Å². The average molecular weight is 515 g/mol. The zero-order chi connectivity index (χ0) is 24.4. The van der Waals surface area contributed by atoms with Crippen LogP contribution in [0.5, 0.6) is 17.2 Å². The molecule has 1 aliphatic rings. The number of methoxy groups -OCH3 is 3. The molecule has 3 rings (SSSR count). The van der Waals surface area contributed by atoms with Crippen molar-refractivity contribution >= 4 is 18.1 Å². The highest BCUT2D eigenvalue weighted by molar-refractivity contribution is 5.85. The summed E-state index contributed by atoms with van der Waals surface area (Å²) in [5.74, 6) is 1.45. The van der Waals surface area contributed by atoms with Crippen molar-refractivity contribution in [2.45, 2.75) is 18.9 Å². The molecule has 0 aliphatic carbocycles. The fourth-order valence-electron chi connectivity index (χ4n) is 3.77. The Balaban J connectivity index is 0.00000408. The van der Waals surface area contributed by atoms with E-state index < -0.39 is 23.5 Å². The summed E-state index contributed by atoms with van der Waals surface area (Å²) in [5.41, 5.74) is -1.85. The van der Waals surface area contributed by atoms with Crippen molar-refractivity contribution in [3.63, 3.8) is 0 Å². The summed E-state index contributed by atoms with van der Waals surface area (Å²) in [7, 11) is 4.51. The molecule has 0 saturated carbocycles. The maximum atomic E-state index is 13.2. The van der Waals surface area contributed by atoms with Crippen LogP contribution in [0.4, 0.5) is 32.0 Å². The molecular formula is C22H25ClF6N2O3. The van der Waals surface area contributed by atoms with Crippen LogP contribution < -0.4 is 19.1 Å². The number of rotatable bonds is 6. The van der Waals surface area contributed by atoms with Gasteiger partial charge in [0, 0.05) is 38.4 Å². The highest BCUT2D eigenvalue weighted by atomic mass is 35.5. The molecular weight excluding hydrogens is 490 g/mol. The van der Waals surface area contributed by atoms with Crippen LogP contribution in [0.15, 0.2) is 30.3 Å². The van der Waals surface area contributed by atoms with E-state index in [-0.39, 0.29) is 37.3 Å². The molecule has 34 heavy (non-hydrogen) atoms. The molecule has 1 aliphatic heterocycles. The largest absolute Gasteiger partial charge is 0.493 e. The summed E-state index contributed by atoms with van der Waals surface area (Å²) < 4.78 is 95.0. The summed E-state index contributed by atoms with van der Waals surface area (Å²) in [6, 6.07) is 5.28. The van der Waals surface area contributed by atoms with Crippen LogP contribution in [-0.4, -0.2) is 52.4 Å². The second kappa shape index (κ2) is 10.8. The lowest BCUT2D eigenvalue weighted by Gasteiger charge is -2.36. The summed E-state index contributed by atoms with van der Waals surface area (Å²) >= 11 is 0. The van der Waals surface area contributed by atoms with E-state index in [1.54, 1.807) is 12.1 Å². The van der Waals surface area contributed by atoms with Gasteiger partial charge in [0.05, 0.1) is 32.5 Å². The minimum absolute atomic E-state index is 0. The van der Waals surface area contributed by atoms with Crippen molar-refractivity contribution in [2.75, 3.05) is 52.4 Å². The Morgan fingerprint density at radius 3 is 1.56 bits per heavy atom. The molecule has 0 bridgehead atoms. The molecule has 0 N–H and O–H groups in total. The number of hydrogen-bond acceptors (Lipinski definition) is 5. The van der Waals surface area contributed by atoms with Crippen molar-refractivity contribution < 1.29 is 40.6 Å². The van der Waals surface area contributed by atoms with Gasteiger partial charge in [-0.3, -0.25) is 4.90 Å². The lowest BCUT2D eigenvalue weighted by atomic mass is 10.1. The number of halogens is 7. The van der Waals surface area contributed by atoms with E-state index in [0.29, 0.717) is 36.9 Å². The molecule has 1 saturated heterocycles. The predicted octanol–water partition coefficient (Wildman–Crippen LogP) is 5.49. The van der Waals surface area contributed by atoms with Crippen molar-refractivity contribution in [2.24, 2.45) is 0 Å². The first-order chi connectivity index (χ1) is 15.5. The fourth-order valence-corrected chi connectivity index (χ4v) is 3.77. The van der Waals surface area contributed by atoms with Crippen LogP contribution >= 0.6 is 12.4 Å². The van der Waals surface area contributed by atoms with Crippen LogP contribution in [0.3, 0.4) is 0 Å². The third-order valence-electron chi connectivity index (χ3n) is 5.44. The number of ether oxygens (including phenoxy) is 3. The minimum Gasteiger partial charge on any atom is -0.493 e. The van der Waals surface area contributed by atoms with E-state index >= 15 is 0 Å². The summed E-state index contributed by atoms with van der Waals surface area (Å²) in [6.45, 7) is 1.97. The molecule has 5 nitrogen and oxygen atoms in total. The number of piperazine rings is 1. The summed E-state index contributed by atoms with van der Waals surface area (Å²) in [4.78, 5) is 3.59. The van der Waals surface area contributed by atoms with E-state index in [0.717, 1.165) is 17.7 Å². The monoisotopic (exact) mass is 514 g/mol. The molecule has 0 spiro atoms. The standard InChI is InChI=1S/C22H24F6N2O3.ClH/c1-31-18-8-14(9-19(32-2)20(18)33-3)13-29-4-6-30(7-5-29)17-11-15(21(23,24)25)10-16(12-17)22(26,27)28;/h8-12H,4-7,13H2,1-3H3;1H. The van der Waals surface area contributed by atoms with Crippen molar-refractivity contribution in [1.29, 1.82) is 0 Å². The van der Waals surface area contributed by atoms with Gasteiger partial charge in [-0.05, 0) is 35.9 Å². The third kappa shape index (κ3) is 6.32. The molecule has 2 aromatic rings. The maximum absolute atomic E-state index is 13.2. The highest BCUT2D eigenvalue weighted by Gasteiger charge is 2.37. The van der Waals surface area contributed by atoms with E-state index in [1.807, 2.05) is 0 Å². The number of benzene rings is 2. The predicted molar refractivity (Wildman–Crippen MR) is 117 cm³/mol. The topological polar surface area (TPSA) is 34.2 Å².